The lowest BCUT2D eigenvalue weighted by atomic mass is 10.3. The quantitative estimate of drug-likeness (QED) is 0.621. The number of benzene rings is 1. The number of nitrogens with one attached hydrogen (secondary N) is 1. The molecule has 0 saturated carbocycles. The maximum absolute atomic E-state index is 11.8. The van der Waals surface area contributed by atoms with Gasteiger partial charge >= 0.3 is 0 Å². The number of nitrogens with two attached hydrogens (primary N) is 1. The van der Waals surface area contributed by atoms with E-state index in [1.165, 1.54) is 30.5 Å². The summed E-state index contributed by atoms with van der Waals surface area (Å²) in [4.78, 5) is 8.48. The monoisotopic (exact) mass is 310 g/mol. The molecule has 2 rings (SSSR count). The Kier molecular flexibility index (Phi) is 4.80. The maximum atomic E-state index is 11.8. The molecule has 2 aromatic rings. The molecule has 0 spiro atoms. The first-order valence-electron chi connectivity index (χ1n) is 5.79. The van der Waals surface area contributed by atoms with Crippen LogP contribution in [0.3, 0.4) is 0 Å². The predicted octanol–water partition coefficient (Wildman–Crippen LogP) is 1.59. The van der Waals surface area contributed by atoms with Crippen LogP contribution in [0.25, 0.3) is 0 Å². The van der Waals surface area contributed by atoms with Crippen LogP contribution in [0.4, 0.5) is 11.4 Å². The second-order valence-corrected chi connectivity index (χ2v) is 6.98. The van der Waals surface area contributed by atoms with Gasteiger partial charge in [0.25, 0.3) is 0 Å². The lowest BCUT2D eigenvalue weighted by Gasteiger charge is -2.07. The van der Waals surface area contributed by atoms with E-state index in [1.807, 2.05) is 12.1 Å². The molecule has 0 atom stereocenters. The lowest BCUT2D eigenvalue weighted by molar-refractivity contribution is 0.602. The maximum Gasteiger partial charge on any atom is 0.233 e. The summed E-state index contributed by atoms with van der Waals surface area (Å²) in [6, 6.07) is 7.31. The highest BCUT2D eigenvalue weighted by atomic mass is 32.2. The number of anilines is 2. The van der Waals surface area contributed by atoms with E-state index < -0.39 is 10.0 Å². The van der Waals surface area contributed by atoms with Crippen LogP contribution < -0.4 is 10.5 Å². The van der Waals surface area contributed by atoms with Crippen molar-refractivity contribution in [2.24, 2.45) is 0 Å². The third-order valence-corrected chi connectivity index (χ3v) is 4.90. The van der Waals surface area contributed by atoms with Gasteiger partial charge in [0, 0.05) is 16.3 Å². The van der Waals surface area contributed by atoms with Crippen molar-refractivity contribution >= 4 is 33.2 Å². The van der Waals surface area contributed by atoms with Crippen LogP contribution in [0.2, 0.25) is 0 Å². The van der Waals surface area contributed by atoms with Crippen LogP contribution >= 0.6 is 11.8 Å². The average molecular weight is 310 g/mol. The molecule has 106 valence electrons. The normalized spacial score (nSPS) is 11.2. The summed E-state index contributed by atoms with van der Waals surface area (Å²) in [6.07, 6.45) is 4.17. The van der Waals surface area contributed by atoms with Gasteiger partial charge in [0.2, 0.25) is 10.0 Å². The molecule has 3 N–H and O–H groups in total. The molecule has 0 bridgehead atoms. The van der Waals surface area contributed by atoms with Gasteiger partial charge in [-0.05, 0) is 24.3 Å². The summed E-state index contributed by atoms with van der Waals surface area (Å²) >= 11 is 1.46. The number of aromatic nitrogens is 2. The van der Waals surface area contributed by atoms with E-state index in [0.29, 0.717) is 17.1 Å². The minimum absolute atomic E-state index is 0.0109. The third-order valence-electron chi connectivity index (χ3n) is 2.33. The van der Waals surface area contributed by atoms with Crippen molar-refractivity contribution in [3.63, 3.8) is 0 Å². The predicted molar refractivity (Wildman–Crippen MR) is 81.0 cm³/mol. The second kappa shape index (κ2) is 6.58. The number of rotatable bonds is 6. The lowest BCUT2D eigenvalue weighted by Crippen LogP contribution is -2.18. The van der Waals surface area contributed by atoms with Crippen LogP contribution in [0.15, 0.2) is 47.9 Å². The second-order valence-electron chi connectivity index (χ2n) is 3.97. The number of nitrogens with zero attached hydrogens (tertiary/aromatic N) is 2. The van der Waals surface area contributed by atoms with Crippen molar-refractivity contribution in [1.29, 1.82) is 0 Å². The first-order chi connectivity index (χ1) is 9.55. The molecule has 8 heteroatoms. The fourth-order valence-corrected chi connectivity index (χ4v) is 3.76. The Balaban J connectivity index is 1.85. The minimum Gasteiger partial charge on any atom is -0.399 e. The highest BCUT2D eigenvalue weighted by Crippen LogP contribution is 2.19. The molecule has 1 aromatic heterocycles. The molecule has 0 fully saturated rings. The Morgan fingerprint density at radius 1 is 1.15 bits per heavy atom. The van der Waals surface area contributed by atoms with Crippen LogP contribution in [0, 0.1) is 0 Å². The van der Waals surface area contributed by atoms with Crippen LogP contribution in [0.1, 0.15) is 0 Å². The number of nitrogen functional groups attached to an aromatic ring is 1. The highest BCUT2D eigenvalue weighted by molar-refractivity contribution is 8.01. The first kappa shape index (κ1) is 14.6. The Labute approximate surface area is 121 Å². The molecule has 6 nitrogen and oxygen atoms in total. The minimum atomic E-state index is -3.39. The van der Waals surface area contributed by atoms with Gasteiger partial charge in [0.1, 0.15) is 6.33 Å². The van der Waals surface area contributed by atoms with E-state index in [4.69, 9.17) is 5.73 Å². The van der Waals surface area contributed by atoms with E-state index in [9.17, 15) is 8.42 Å². The molecular weight excluding hydrogens is 296 g/mol. The van der Waals surface area contributed by atoms with Gasteiger partial charge in [-0.1, -0.05) is 0 Å². The summed E-state index contributed by atoms with van der Waals surface area (Å²) in [5.41, 5.74) is 6.64. The van der Waals surface area contributed by atoms with Crippen LogP contribution in [0.5, 0.6) is 0 Å². The molecule has 0 unspecified atom stereocenters. The number of thioether (sulfide) groups is 1. The summed E-state index contributed by atoms with van der Waals surface area (Å²) in [7, 11) is -3.39. The van der Waals surface area contributed by atoms with E-state index in [-0.39, 0.29) is 5.75 Å². The SMILES string of the molecule is Nc1ccc(SCCS(=O)(=O)Nc2cncnc2)cc1. The van der Waals surface area contributed by atoms with Crippen molar-refractivity contribution < 1.29 is 8.42 Å². The zero-order valence-corrected chi connectivity index (χ0v) is 12.2. The molecule has 0 radical (unpaired) electrons. The van der Waals surface area contributed by atoms with E-state index in [1.54, 1.807) is 12.1 Å². The molecule has 0 amide bonds. The molecule has 0 aliphatic rings. The van der Waals surface area contributed by atoms with Crippen LogP contribution in [-0.2, 0) is 10.0 Å². The van der Waals surface area contributed by atoms with Crippen molar-refractivity contribution in [2.75, 3.05) is 22.0 Å². The Hall–Kier alpha value is -1.80. The standard InChI is InChI=1S/C12H14N4O2S2/c13-10-1-3-12(4-2-10)19-5-6-20(17,18)16-11-7-14-9-15-8-11/h1-4,7-9,16H,5-6,13H2. The summed E-state index contributed by atoms with van der Waals surface area (Å²) in [5, 5.41) is 0. The van der Waals surface area contributed by atoms with Crippen molar-refractivity contribution in [2.45, 2.75) is 4.90 Å². The molecule has 0 aliphatic heterocycles. The third kappa shape index (κ3) is 4.71. The average Bonchev–Trinajstić information content (AvgIpc) is 2.41. The van der Waals surface area contributed by atoms with Gasteiger partial charge < -0.3 is 5.73 Å². The van der Waals surface area contributed by atoms with Gasteiger partial charge in [-0.2, -0.15) is 0 Å². The number of hydrogen-bond donors (Lipinski definition) is 2. The van der Waals surface area contributed by atoms with Gasteiger partial charge in [0.05, 0.1) is 23.8 Å². The smallest absolute Gasteiger partial charge is 0.233 e. The van der Waals surface area contributed by atoms with Gasteiger partial charge in [0.15, 0.2) is 0 Å². The van der Waals surface area contributed by atoms with Crippen molar-refractivity contribution in [3.05, 3.63) is 43.0 Å². The highest BCUT2D eigenvalue weighted by Gasteiger charge is 2.10. The first-order valence-corrected chi connectivity index (χ1v) is 8.43. The Bertz CT molecular complexity index is 645. The van der Waals surface area contributed by atoms with Crippen LogP contribution in [-0.4, -0.2) is 29.9 Å². The fraction of sp³-hybridized carbons (Fsp3) is 0.167. The van der Waals surface area contributed by atoms with E-state index >= 15 is 0 Å². The van der Waals surface area contributed by atoms with Crippen molar-refractivity contribution in [3.8, 4) is 0 Å². The number of hydrogen-bond acceptors (Lipinski definition) is 6. The number of sulfonamides is 1. The Morgan fingerprint density at radius 3 is 2.45 bits per heavy atom. The molecule has 1 heterocycles. The van der Waals surface area contributed by atoms with Crippen molar-refractivity contribution in [1.82, 2.24) is 9.97 Å². The zero-order valence-electron chi connectivity index (χ0n) is 10.6. The van der Waals surface area contributed by atoms with Gasteiger partial charge in [-0.25, -0.2) is 18.4 Å². The topological polar surface area (TPSA) is 98.0 Å². The Morgan fingerprint density at radius 2 is 1.80 bits per heavy atom. The molecule has 20 heavy (non-hydrogen) atoms. The molecule has 1 aromatic carbocycles. The molecular formula is C12H14N4O2S2. The summed E-state index contributed by atoms with van der Waals surface area (Å²) in [6.45, 7) is 0. The fourth-order valence-electron chi connectivity index (χ4n) is 1.42. The largest absolute Gasteiger partial charge is 0.399 e. The zero-order chi connectivity index (χ0) is 14.4. The van der Waals surface area contributed by atoms with Gasteiger partial charge in [-0.15, -0.1) is 11.8 Å². The van der Waals surface area contributed by atoms with E-state index in [2.05, 4.69) is 14.7 Å². The molecule has 0 aliphatic carbocycles. The van der Waals surface area contributed by atoms with Gasteiger partial charge in [-0.3, -0.25) is 4.72 Å². The molecule has 0 saturated heterocycles. The summed E-state index contributed by atoms with van der Waals surface area (Å²) < 4.78 is 26.1. The summed E-state index contributed by atoms with van der Waals surface area (Å²) in [5.74, 6) is 0.462. The van der Waals surface area contributed by atoms with E-state index in [0.717, 1.165) is 4.90 Å².